The standard InChI is InChI=1S/C19H21FN4O2/c1-2-26-18-15-10-24(7-6-16(15)21-11-22-18)19(25)23-17-9-14(17)12-4-3-5-13(20)8-12/h3-5,8,11,14,17H,2,6-7,9-10H2,1H3,(H,23,25). The van der Waals surface area contributed by atoms with E-state index >= 15 is 0 Å². The first-order valence-corrected chi connectivity index (χ1v) is 8.92. The molecule has 2 atom stereocenters. The second-order valence-corrected chi connectivity index (χ2v) is 6.66. The van der Waals surface area contributed by atoms with E-state index in [1.54, 1.807) is 17.0 Å². The molecular weight excluding hydrogens is 335 g/mol. The van der Waals surface area contributed by atoms with Crippen molar-refractivity contribution in [2.75, 3.05) is 13.2 Å². The number of hydrogen-bond acceptors (Lipinski definition) is 4. The molecule has 0 bridgehead atoms. The number of aromatic nitrogens is 2. The van der Waals surface area contributed by atoms with Crippen molar-refractivity contribution >= 4 is 6.03 Å². The summed E-state index contributed by atoms with van der Waals surface area (Å²) < 4.78 is 18.9. The minimum absolute atomic E-state index is 0.0593. The van der Waals surface area contributed by atoms with Gasteiger partial charge in [-0.05, 0) is 31.0 Å². The zero-order valence-electron chi connectivity index (χ0n) is 14.6. The Kier molecular flexibility index (Phi) is 4.44. The number of hydrogen-bond donors (Lipinski definition) is 1. The lowest BCUT2D eigenvalue weighted by molar-refractivity contribution is 0.189. The average Bonchev–Trinajstić information content (AvgIpc) is 3.41. The minimum Gasteiger partial charge on any atom is -0.478 e. The van der Waals surface area contributed by atoms with E-state index in [0.717, 1.165) is 23.2 Å². The Morgan fingerprint density at radius 1 is 1.42 bits per heavy atom. The number of benzene rings is 1. The minimum atomic E-state index is -0.240. The average molecular weight is 356 g/mol. The highest BCUT2D eigenvalue weighted by atomic mass is 19.1. The number of halogens is 1. The SMILES string of the molecule is CCOc1ncnc2c1CN(C(=O)NC1CC1c1cccc(F)c1)CC2. The fourth-order valence-corrected chi connectivity index (χ4v) is 3.46. The zero-order chi connectivity index (χ0) is 18.1. The van der Waals surface area contributed by atoms with E-state index in [9.17, 15) is 9.18 Å². The van der Waals surface area contributed by atoms with Crippen LogP contribution >= 0.6 is 0 Å². The summed E-state index contributed by atoms with van der Waals surface area (Å²) in [5.41, 5.74) is 2.76. The Hall–Kier alpha value is -2.70. The second-order valence-electron chi connectivity index (χ2n) is 6.66. The first-order valence-electron chi connectivity index (χ1n) is 8.92. The van der Waals surface area contributed by atoms with Crippen LogP contribution in [0.25, 0.3) is 0 Å². The van der Waals surface area contributed by atoms with Crippen LogP contribution in [-0.2, 0) is 13.0 Å². The summed E-state index contributed by atoms with van der Waals surface area (Å²) in [7, 11) is 0. The van der Waals surface area contributed by atoms with Crippen LogP contribution in [-0.4, -0.2) is 40.1 Å². The van der Waals surface area contributed by atoms with Gasteiger partial charge in [-0.3, -0.25) is 0 Å². The highest BCUT2D eigenvalue weighted by molar-refractivity contribution is 5.75. The van der Waals surface area contributed by atoms with Crippen molar-refractivity contribution in [2.45, 2.75) is 38.3 Å². The Morgan fingerprint density at radius 3 is 3.12 bits per heavy atom. The first-order chi connectivity index (χ1) is 12.7. The summed E-state index contributed by atoms with van der Waals surface area (Å²) in [6.07, 6.45) is 3.03. The Balaban J connectivity index is 1.40. The van der Waals surface area contributed by atoms with Crippen LogP contribution < -0.4 is 10.1 Å². The van der Waals surface area contributed by atoms with Gasteiger partial charge in [-0.2, -0.15) is 0 Å². The van der Waals surface area contributed by atoms with Crippen molar-refractivity contribution in [1.82, 2.24) is 20.2 Å². The van der Waals surface area contributed by atoms with Crippen LogP contribution in [0.4, 0.5) is 9.18 Å². The number of nitrogens with zero attached hydrogens (tertiary/aromatic N) is 3. The van der Waals surface area contributed by atoms with Crippen LogP contribution in [0.1, 0.15) is 36.1 Å². The number of carbonyl (C=O) groups excluding carboxylic acids is 1. The molecule has 1 fully saturated rings. The van der Waals surface area contributed by atoms with Crippen molar-refractivity contribution in [2.24, 2.45) is 0 Å². The molecule has 7 heteroatoms. The van der Waals surface area contributed by atoms with Crippen molar-refractivity contribution in [3.63, 3.8) is 0 Å². The maximum atomic E-state index is 13.4. The molecule has 136 valence electrons. The number of ether oxygens (including phenoxy) is 1. The molecule has 0 spiro atoms. The van der Waals surface area contributed by atoms with E-state index in [2.05, 4.69) is 15.3 Å². The Labute approximate surface area is 151 Å². The Morgan fingerprint density at radius 2 is 2.31 bits per heavy atom. The van der Waals surface area contributed by atoms with Gasteiger partial charge in [-0.1, -0.05) is 12.1 Å². The van der Waals surface area contributed by atoms with E-state index in [1.165, 1.54) is 12.4 Å². The number of carbonyl (C=O) groups is 1. The predicted molar refractivity (Wildman–Crippen MR) is 93.4 cm³/mol. The van der Waals surface area contributed by atoms with E-state index in [-0.39, 0.29) is 23.8 Å². The molecule has 0 radical (unpaired) electrons. The molecule has 6 nitrogen and oxygen atoms in total. The fraction of sp³-hybridized carbons (Fsp3) is 0.421. The van der Waals surface area contributed by atoms with Gasteiger partial charge < -0.3 is 15.0 Å². The zero-order valence-corrected chi connectivity index (χ0v) is 14.6. The molecule has 1 aromatic heterocycles. The summed E-state index contributed by atoms with van der Waals surface area (Å²) in [6.45, 7) is 3.47. The van der Waals surface area contributed by atoms with Crippen LogP contribution in [0.5, 0.6) is 5.88 Å². The van der Waals surface area contributed by atoms with Crippen molar-refractivity contribution in [3.05, 3.63) is 53.2 Å². The van der Waals surface area contributed by atoms with Crippen molar-refractivity contribution in [1.29, 1.82) is 0 Å². The summed E-state index contributed by atoms with van der Waals surface area (Å²) in [6, 6.07) is 6.54. The van der Waals surface area contributed by atoms with E-state index in [1.807, 2.05) is 13.0 Å². The van der Waals surface area contributed by atoms with E-state index < -0.39 is 0 Å². The summed E-state index contributed by atoms with van der Waals surface area (Å²) in [4.78, 5) is 22.9. The number of fused-ring (bicyclic) bond motifs is 1. The smallest absolute Gasteiger partial charge is 0.317 e. The molecule has 2 aromatic rings. The molecule has 2 heterocycles. The van der Waals surface area contributed by atoms with Gasteiger partial charge in [0.05, 0.1) is 24.4 Å². The molecule has 2 amide bonds. The van der Waals surface area contributed by atoms with Crippen LogP contribution in [0.2, 0.25) is 0 Å². The molecule has 1 aromatic carbocycles. The lowest BCUT2D eigenvalue weighted by Gasteiger charge is -2.29. The van der Waals surface area contributed by atoms with Gasteiger partial charge in [0.2, 0.25) is 5.88 Å². The molecular formula is C19H21FN4O2. The summed E-state index contributed by atoms with van der Waals surface area (Å²) in [5, 5.41) is 3.06. The van der Waals surface area contributed by atoms with Crippen LogP contribution in [0.3, 0.4) is 0 Å². The Bertz CT molecular complexity index is 829. The van der Waals surface area contributed by atoms with Gasteiger partial charge in [0.1, 0.15) is 12.1 Å². The lowest BCUT2D eigenvalue weighted by Crippen LogP contribution is -2.44. The van der Waals surface area contributed by atoms with Gasteiger partial charge >= 0.3 is 6.03 Å². The first kappa shape index (κ1) is 16.8. The van der Waals surface area contributed by atoms with Gasteiger partial charge in [-0.25, -0.2) is 19.2 Å². The van der Waals surface area contributed by atoms with Gasteiger partial charge in [0.15, 0.2) is 0 Å². The van der Waals surface area contributed by atoms with E-state index in [0.29, 0.717) is 32.0 Å². The molecule has 1 aliphatic heterocycles. The van der Waals surface area contributed by atoms with Crippen molar-refractivity contribution < 1.29 is 13.9 Å². The number of amides is 2. The van der Waals surface area contributed by atoms with Gasteiger partial charge in [-0.15, -0.1) is 0 Å². The van der Waals surface area contributed by atoms with Gasteiger partial charge in [0, 0.05) is 24.9 Å². The van der Waals surface area contributed by atoms with E-state index in [4.69, 9.17) is 4.74 Å². The van der Waals surface area contributed by atoms with Gasteiger partial charge in [0.25, 0.3) is 0 Å². The topological polar surface area (TPSA) is 67.4 Å². The fourth-order valence-electron chi connectivity index (χ4n) is 3.46. The molecule has 1 saturated carbocycles. The molecule has 4 rings (SSSR count). The maximum absolute atomic E-state index is 13.4. The second kappa shape index (κ2) is 6.90. The molecule has 26 heavy (non-hydrogen) atoms. The third kappa shape index (κ3) is 3.34. The molecule has 0 saturated heterocycles. The molecule has 1 N–H and O–H groups in total. The quantitative estimate of drug-likeness (QED) is 0.915. The normalized spacial score (nSPS) is 21.1. The molecule has 2 aliphatic rings. The maximum Gasteiger partial charge on any atom is 0.317 e. The lowest BCUT2D eigenvalue weighted by atomic mass is 10.1. The largest absolute Gasteiger partial charge is 0.478 e. The van der Waals surface area contributed by atoms with Crippen LogP contribution in [0, 0.1) is 5.82 Å². The highest BCUT2D eigenvalue weighted by Gasteiger charge is 2.40. The summed E-state index contributed by atoms with van der Waals surface area (Å²) >= 11 is 0. The predicted octanol–water partition coefficient (Wildman–Crippen LogP) is 2.64. The van der Waals surface area contributed by atoms with Crippen LogP contribution in [0.15, 0.2) is 30.6 Å². The molecule has 2 unspecified atom stereocenters. The third-order valence-corrected chi connectivity index (χ3v) is 4.91. The third-order valence-electron chi connectivity index (χ3n) is 4.91. The number of rotatable bonds is 4. The van der Waals surface area contributed by atoms with Crippen molar-refractivity contribution in [3.8, 4) is 5.88 Å². The number of nitrogens with one attached hydrogen (secondary N) is 1. The highest BCUT2D eigenvalue weighted by Crippen LogP contribution is 2.41. The summed E-state index contributed by atoms with van der Waals surface area (Å²) in [5.74, 6) is 0.503. The molecule has 1 aliphatic carbocycles. The number of urea groups is 1. The monoisotopic (exact) mass is 356 g/mol.